The number of allylic oxidation sites excluding steroid dienone is 6. The molecule has 20 heteroatoms. The molecule has 1 atom stereocenters. The minimum atomic E-state index is -4.60. The van der Waals surface area contributed by atoms with Gasteiger partial charge in [0.05, 0.1) is 26.7 Å². The molecule has 5 N–H and O–H groups in total. The van der Waals surface area contributed by atoms with Crippen molar-refractivity contribution >= 4 is 63.5 Å². The fourth-order valence-electron chi connectivity index (χ4n) is 7.35. The van der Waals surface area contributed by atoms with E-state index in [0.717, 1.165) is 0 Å². The second kappa shape index (κ2) is 17.0. The molecule has 4 rings (SSSR count). The number of carboxylic acids is 1. The first-order valence-electron chi connectivity index (χ1n) is 17.6. The average molecular weight is 860 g/mol. The van der Waals surface area contributed by atoms with Crippen LogP contribution in [0.3, 0.4) is 0 Å². The van der Waals surface area contributed by atoms with E-state index in [1.54, 1.807) is 35.3 Å². The van der Waals surface area contributed by atoms with Gasteiger partial charge in [-0.2, -0.15) is 38.2 Å². The van der Waals surface area contributed by atoms with Crippen LogP contribution < -0.4 is 4.90 Å². The van der Waals surface area contributed by atoms with Crippen LogP contribution in [0.2, 0.25) is 0 Å². The molecule has 0 saturated heterocycles. The van der Waals surface area contributed by atoms with Crippen LogP contribution in [-0.4, -0.2) is 97.8 Å². The zero-order valence-corrected chi connectivity index (χ0v) is 34.3. The molecule has 0 aliphatic carbocycles. The number of rotatable bonds is 19. The summed E-state index contributed by atoms with van der Waals surface area (Å²) in [5.74, 6) is -1.99. The van der Waals surface area contributed by atoms with Crippen LogP contribution in [-0.2, 0) is 56.1 Å². The van der Waals surface area contributed by atoms with Crippen LogP contribution in [0.15, 0.2) is 82.3 Å². The van der Waals surface area contributed by atoms with Crippen molar-refractivity contribution in [3.8, 4) is 0 Å². The van der Waals surface area contributed by atoms with Crippen LogP contribution in [0.4, 0.5) is 11.4 Å². The summed E-state index contributed by atoms with van der Waals surface area (Å²) in [6.07, 6.45) is 10.6. The number of unbranched alkanes of at least 4 members (excludes halogenated alkanes) is 2. The van der Waals surface area contributed by atoms with Crippen molar-refractivity contribution in [3.63, 3.8) is 0 Å². The van der Waals surface area contributed by atoms with Crippen molar-refractivity contribution in [1.82, 2.24) is 0 Å². The number of anilines is 1. The highest BCUT2D eigenvalue weighted by Gasteiger charge is 2.48. The lowest BCUT2D eigenvalue weighted by molar-refractivity contribution is -0.437. The summed E-state index contributed by atoms with van der Waals surface area (Å²) >= 11 is 0. The molecular weight excluding hydrogens is 813 g/mol. The number of hydrogen-bond donors (Lipinski definition) is 5. The Morgan fingerprint density at radius 3 is 1.91 bits per heavy atom. The predicted octanol–water partition coefficient (Wildman–Crippen LogP) is 4.92. The first-order chi connectivity index (χ1) is 25.8. The second-order valence-corrected chi connectivity index (χ2v) is 20.5. The summed E-state index contributed by atoms with van der Waals surface area (Å²) in [4.78, 5) is 12.3. The lowest BCUT2D eigenvalue weighted by Gasteiger charge is -2.27. The summed E-state index contributed by atoms with van der Waals surface area (Å²) in [6.45, 7) is 5.78. The standard InChI is InChI=1S/C36H46N2O14S4/c1-35(2)28-24-26(55(47,48)49)15-17-30(28)37(20-10-22-53(41,42)43)32(35)12-6-4-7-13-33-36(3,19-9-5-8-14-34(39)40)29-25-27(56(50,51)52)16-18-31(29)38(33)21-11-23-54(44,45)46/h4,6-7,12-13,15-18,24-25H,5,8-11,14,19-23H2,1-3H3,(H4-,39,40,41,42,43,44,45,46,47,48,49,50,51,52)/p+1. The van der Waals surface area contributed by atoms with E-state index >= 15 is 0 Å². The molecule has 0 radical (unpaired) electrons. The highest BCUT2D eigenvalue weighted by atomic mass is 32.2. The predicted molar refractivity (Wildman–Crippen MR) is 209 cm³/mol. The number of carboxylic acid groups (broad SMARTS) is 1. The molecule has 0 amide bonds. The molecule has 2 aliphatic rings. The molecule has 2 aliphatic heterocycles. The van der Waals surface area contributed by atoms with E-state index < -0.39 is 68.8 Å². The molecule has 0 saturated carbocycles. The minimum Gasteiger partial charge on any atom is -0.481 e. The van der Waals surface area contributed by atoms with E-state index in [1.165, 1.54) is 36.4 Å². The van der Waals surface area contributed by atoms with Crippen molar-refractivity contribution in [3.05, 3.63) is 83.6 Å². The zero-order valence-electron chi connectivity index (χ0n) is 31.1. The van der Waals surface area contributed by atoms with Crippen molar-refractivity contribution in [2.24, 2.45) is 0 Å². The van der Waals surface area contributed by atoms with Gasteiger partial charge in [0.15, 0.2) is 5.71 Å². The van der Waals surface area contributed by atoms with Gasteiger partial charge in [-0.05, 0) is 68.2 Å². The summed E-state index contributed by atoms with van der Waals surface area (Å²) in [6, 6.07) is 8.22. The van der Waals surface area contributed by atoms with Crippen LogP contribution in [0.5, 0.6) is 0 Å². The van der Waals surface area contributed by atoms with E-state index in [1.807, 2.05) is 25.3 Å². The molecule has 1 unspecified atom stereocenters. The maximum absolute atomic E-state index is 12.2. The van der Waals surface area contributed by atoms with E-state index in [-0.39, 0.29) is 42.1 Å². The van der Waals surface area contributed by atoms with Crippen molar-refractivity contribution in [2.75, 3.05) is 29.5 Å². The third-order valence-corrected chi connectivity index (χ3v) is 13.3. The number of carbonyl (C=O) groups is 1. The highest BCUT2D eigenvalue weighted by molar-refractivity contribution is 7.86. The fraction of sp³-hybridized carbons (Fsp3) is 0.444. The van der Waals surface area contributed by atoms with Gasteiger partial charge in [-0.1, -0.05) is 44.9 Å². The van der Waals surface area contributed by atoms with Crippen LogP contribution in [0.25, 0.3) is 0 Å². The van der Waals surface area contributed by atoms with Crippen molar-refractivity contribution in [2.45, 2.75) is 86.3 Å². The third-order valence-electron chi connectivity index (χ3n) is 10.0. The Bertz CT molecular complexity index is 2430. The fourth-order valence-corrected chi connectivity index (χ4v) is 9.35. The molecule has 2 aromatic rings. The first kappa shape index (κ1) is 44.9. The van der Waals surface area contributed by atoms with Crippen LogP contribution >= 0.6 is 0 Å². The minimum absolute atomic E-state index is 0.00858. The van der Waals surface area contributed by atoms with Gasteiger partial charge in [0.1, 0.15) is 6.54 Å². The average Bonchev–Trinajstić information content (AvgIpc) is 3.41. The van der Waals surface area contributed by atoms with E-state index in [2.05, 4.69) is 0 Å². The summed E-state index contributed by atoms with van der Waals surface area (Å²) in [5.41, 5.74) is 1.79. The Morgan fingerprint density at radius 2 is 1.32 bits per heavy atom. The zero-order chi connectivity index (χ0) is 41.9. The van der Waals surface area contributed by atoms with Gasteiger partial charge >= 0.3 is 5.97 Å². The van der Waals surface area contributed by atoms with Gasteiger partial charge in [0.25, 0.3) is 40.5 Å². The quantitative estimate of drug-likeness (QED) is 0.0543. The Labute approximate surface area is 328 Å². The highest BCUT2D eigenvalue weighted by Crippen LogP contribution is 2.49. The smallest absolute Gasteiger partial charge is 0.303 e. The number of hydrogen-bond acceptors (Lipinski definition) is 10. The molecule has 0 fully saturated rings. The molecule has 2 aromatic carbocycles. The van der Waals surface area contributed by atoms with Gasteiger partial charge in [-0.3, -0.25) is 23.0 Å². The van der Waals surface area contributed by atoms with Crippen LogP contribution in [0.1, 0.15) is 76.8 Å². The molecule has 0 aromatic heterocycles. The summed E-state index contributed by atoms with van der Waals surface area (Å²) < 4.78 is 135. The molecule has 0 spiro atoms. The molecular formula is C36H47N2O14S4+. The first-order valence-corrected chi connectivity index (χ1v) is 23.7. The van der Waals surface area contributed by atoms with E-state index in [0.29, 0.717) is 59.6 Å². The number of nitrogens with zero attached hydrogens (tertiary/aromatic N) is 2. The normalized spacial score (nSPS) is 19.4. The maximum atomic E-state index is 12.2. The van der Waals surface area contributed by atoms with Crippen molar-refractivity contribution in [1.29, 1.82) is 0 Å². The summed E-state index contributed by atoms with van der Waals surface area (Å²) in [5, 5.41) is 9.10. The van der Waals surface area contributed by atoms with E-state index in [4.69, 9.17) is 5.11 Å². The monoisotopic (exact) mass is 859 g/mol. The van der Waals surface area contributed by atoms with Gasteiger partial charge in [-0.25, -0.2) is 0 Å². The Hall–Kier alpha value is -3.76. The Morgan fingerprint density at radius 1 is 0.732 bits per heavy atom. The van der Waals surface area contributed by atoms with E-state index in [9.17, 15) is 56.7 Å². The lowest BCUT2D eigenvalue weighted by atomic mass is 9.75. The molecule has 2 heterocycles. The number of benzene rings is 2. The largest absolute Gasteiger partial charge is 0.481 e. The Balaban J connectivity index is 1.77. The number of aliphatic carboxylic acids is 1. The van der Waals surface area contributed by atoms with Crippen LogP contribution in [0, 0.1) is 0 Å². The maximum Gasteiger partial charge on any atom is 0.303 e. The second-order valence-electron chi connectivity index (χ2n) is 14.5. The van der Waals surface area contributed by atoms with Gasteiger partial charge in [0, 0.05) is 53.9 Å². The Kier molecular flexibility index (Phi) is 13.6. The lowest BCUT2D eigenvalue weighted by Crippen LogP contribution is -2.31. The third kappa shape index (κ3) is 11.0. The summed E-state index contributed by atoms with van der Waals surface area (Å²) in [7, 11) is -17.7. The van der Waals surface area contributed by atoms with Gasteiger partial charge < -0.3 is 10.0 Å². The van der Waals surface area contributed by atoms with Crippen molar-refractivity contribution < 1.29 is 66.4 Å². The molecule has 16 nitrogen and oxygen atoms in total. The molecule has 308 valence electrons. The van der Waals surface area contributed by atoms with Gasteiger partial charge in [-0.15, -0.1) is 0 Å². The molecule has 0 bridgehead atoms. The number of fused-ring (bicyclic) bond motifs is 2. The molecule has 56 heavy (non-hydrogen) atoms. The topological polar surface area (TPSA) is 261 Å². The van der Waals surface area contributed by atoms with Gasteiger partial charge in [0.2, 0.25) is 5.69 Å². The SMILES string of the molecule is CC1(CCCCCC(=O)O)C(/C=C/C=C/C=C2\N(CCCS(=O)(=O)O)c3ccc(S(=O)(=O)O)cc3C2(C)C)=[N+](CCCS(=O)(=O)O)c2ccc(S(=O)(=O)O)cc21.